The first kappa shape index (κ1) is 28.6. The summed E-state index contributed by atoms with van der Waals surface area (Å²) >= 11 is 0. The molecule has 0 unspecified atom stereocenters. The highest BCUT2D eigenvalue weighted by molar-refractivity contribution is 4.91. The Labute approximate surface area is 191 Å². The summed E-state index contributed by atoms with van der Waals surface area (Å²) in [4.78, 5) is 0. The summed E-state index contributed by atoms with van der Waals surface area (Å²) in [6.07, 6.45) is 22.8. The van der Waals surface area contributed by atoms with Crippen molar-refractivity contribution in [3.63, 3.8) is 0 Å². The molecule has 1 saturated heterocycles. The number of hydrogen-bond donors (Lipinski definition) is 3. The lowest BCUT2D eigenvalue weighted by Gasteiger charge is -2.23. The van der Waals surface area contributed by atoms with E-state index in [-0.39, 0.29) is 6.61 Å². The van der Waals surface area contributed by atoms with Gasteiger partial charge in [-0.05, 0) is 12.8 Å². The smallest absolute Gasteiger partial charge is 0.115 e. The van der Waals surface area contributed by atoms with Gasteiger partial charge in [0.1, 0.15) is 24.4 Å². The van der Waals surface area contributed by atoms with E-state index in [1.807, 2.05) is 6.08 Å². The van der Waals surface area contributed by atoms with Gasteiger partial charge in [-0.25, -0.2) is 0 Å². The van der Waals surface area contributed by atoms with E-state index in [0.717, 1.165) is 6.42 Å². The van der Waals surface area contributed by atoms with Crippen LogP contribution < -0.4 is 0 Å². The molecule has 31 heavy (non-hydrogen) atoms. The Bertz CT molecular complexity index is 415. The minimum absolute atomic E-state index is 0.134. The average Bonchev–Trinajstić information content (AvgIpc) is 3.15. The second-order valence-electron chi connectivity index (χ2n) is 9.12. The molecule has 5 nitrogen and oxygen atoms in total. The molecule has 0 bridgehead atoms. The van der Waals surface area contributed by atoms with Gasteiger partial charge in [-0.15, -0.1) is 0 Å². The summed E-state index contributed by atoms with van der Waals surface area (Å²) < 4.78 is 11.0. The highest BCUT2D eigenvalue weighted by Crippen LogP contribution is 2.21. The summed E-state index contributed by atoms with van der Waals surface area (Å²) in [5.74, 6) is 0. The van der Waals surface area contributed by atoms with Gasteiger partial charge < -0.3 is 24.8 Å². The molecule has 0 amide bonds. The summed E-state index contributed by atoms with van der Waals surface area (Å²) in [5, 5.41) is 28.7. The maximum atomic E-state index is 9.89. The lowest BCUT2D eigenvalue weighted by Crippen LogP contribution is -2.42. The molecule has 4 atom stereocenters. The molecular formula is C26H50O5. The zero-order chi connectivity index (χ0) is 22.6. The third-order valence-corrected chi connectivity index (χ3v) is 6.25. The Morgan fingerprint density at radius 1 is 0.839 bits per heavy atom. The van der Waals surface area contributed by atoms with Crippen LogP contribution >= 0.6 is 0 Å². The van der Waals surface area contributed by atoms with Crippen LogP contribution in [0.2, 0.25) is 0 Å². The Kier molecular flexibility index (Phi) is 18.6. The van der Waals surface area contributed by atoms with Crippen LogP contribution in [0.5, 0.6) is 0 Å². The molecule has 0 aliphatic carbocycles. The third kappa shape index (κ3) is 14.3. The predicted octanol–water partition coefficient (Wildman–Crippen LogP) is 5.30. The zero-order valence-corrected chi connectivity index (χ0v) is 20.1. The van der Waals surface area contributed by atoms with Gasteiger partial charge in [0, 0.05) is 0 Å². The molecule has 1 aliphatic heterocycles. The predicted molar refractivity (Wildman–Crippen MR) is 127 cm³/mol. The monoisotopic (exact) mass is 442 g/mol. The lowest BCUT2D eigenvalue weighted by molar-refractivity contribution is -0.0879. The molecule has 0 spiro atoms. The maximum absolute atomic E-state index is 9.89. The van der Waals surface area contributed by atoms with E-state index in [0.29, 0.717) is 6.61 Å². The fourth-order valence-electron chi connectivity index (χ4n) is 4.24. The van der Waals surface area contributed by atoms with Gasteiger partial charge in [-0.1, -0.05) is 109 Å². The molecule has 1 aliphatic rings. The SMILES string of the molecule is CCCCCCCCCCCCCCCCC/C=C/CO[C@H]1[C@@H]([C@H](O)CO)OC[C@@H]1O. The van der Waals surface area contributed by atoms with Crippen LogP contribution in [0.4, 0.5) is 0 Å². The van der Waals surface area contributed by atoms with Crippen LogP contribution in [0.25, 0.3) is 0 Å². The van der Waals surface area contributed by atoms with Gasteiger partial charge in [0.25, 0.3) is 0 Å². The van der Waals surface area contributed by atoms with E-state index >= 15 is 0 Å². The van der Waals surface area contributed by atoms with E-state index in [4.69, 9.17) is 14.6 Å². The van der Waals surface area contributed by atoms with Crippen LogP contribution in [0.1, 0.15) is 110 Å². The van der Waals surface area contributed by atoms with Gasteiger partial charge in [0.15, 0.2) is 0 Å². The standard InChI is InChI=1S/C26H50O5/c1-2-3-4-5-6-7-8-9-10-11-12-13-14-15-16-17-18-19-20-30-26-24(29)22-31-25(26)23(28)21-27/h18-19,23-29H,2-17,20-22H2,1H3/b19-18+/t23-,24+,25-,26-/m1/s1. The van der Waals surface area contributed by atoms with E-state index in [1.54, 1.807) is 0 Å². The highest BCUT2D eigenvalue weighted by Gasteiger charge is 2.40. The summed E-state index contributed by atoms with van der Waals surface area (Å²) in [7, 11) is 0. The molecule has 0 aromatic rings. The maximum Gasteiger partial charge on any atom is 0.115 e. The summed E-state index contributed by atoms with van der Waals surface area (Å²) in [6.45, 7) is 2.40. The van der Waals surface area contributed by atoms with Crippen molar-refractivity contribution in [2.24, 2.45) is 0 Å². The van der Waals surface area contributed by atoms with Crippen molar-refractivity contribution in [1.82, 2.24) is 0 Å². The average molecular weight is 443 g/mol. The Hall–Kier alpha value is -0.460. The molecule has 184 valence electrons. The molecule has 0 saturated carbocycles. The Morgan fingerprint density at radius 2 is 1.35 bits per heavy atom. The summed E-state index contributed by atoms with van der Waals surface area (Å²) in [6, 6.07) is 0. The largest absolute Gasteiger partial charge is 0.394 e. The van der Waals surface area contributed by atoms with Crippen molar-refractivity contribution in [2.75, 3.05) is 19.8 Å². The molecule has 1 rings (SSSR count). The van der Waals surface area contributed by atoms with Gasteiger partial charge in [-0.2, -0.15) is 0 Å². The number of allylic oxidation sites excluding steroid dienone is 1. The van der Waals surface area contributed by atoms with Crippen molar-refractivity contribution < 1.29 is 24.8 Å². The van der Waals surface area contributed by atoms with E-state index in [9.17, 15) is 10.2 Å². The first-order valence-corrected chi connectivity index (χ1v) is 13.1. The number of aliphatic hydroxyl groups excluding tert-OH is 3. The van der Waals surface area contributed by atoms with Gasteiger partial charge in [0.05, 0.1) is 19.8 Å². The quantitative estimate of drug-likeness (QED) is 0.166. The van der Waals surface area contributed by atoms with Crippen molar-refractivity contribution in [1.29, 1.82) is 0 Å². The molecule has 1 fully saturated rings. The molecule has 0 aromatic heterocycles. The first-order valence-electron chi connectivity index (χ1n) is 13.1. The zero-order valence-electron chi connectivity index (χ0n) is 20.1. The molecule has 3 N–H and O–H groups in total. The van der Waals surface area contributed by atoms with Crippen molar-refractivity contribution in [3.05, 3.63) is 12.2 Å². The fourth-order valence-corrected chi connectivity index (χ4v) is 4.24. The Balaban J connectivity index is 1.84. The van der Waals surface area contributed by atoms with Crippen LogP contribution in [0.3, 0.4) is 0 Å². The normalized spacial score (nSPS) is 22.5. The minimum atomic E-state index is -1.02. The van der Waals surface area contributed by atoms with Crippen molar-refractivity contribution in [3.8, 4) is 0 Å². The molecule has 0 radical (unpaired) electrons. The van der Waals surface area contributed by atoms with Crippen LogP contribution in [-0.4, -0.2) is 59.6 Å². The number of unbranched alkanes of at least 4 members (excludes halogenated alkanes) is 15. The van der Waals surface area contributed by atoms with Crippen LogP contribution in [0, 0.1) is 0 Å². The van der Waals surface area contributed by atoms with Crippen molar-refractivity contribution >= 4 is 0 Å². The fraction of sp³-hybridized carbons (Fsp3) is 0.923. The molecule has 0 aromatic carbocycles. The first-order chi connectivity index (χ1) is 15.2. The third-order valence-electron chi connectivity index (χ3n) is 6.25. The topological polar surface area (TPSA) is 79.2 Å². The Morgan fingerprint density at radius 3 is 1.87 bits per heavy atom. The molecular weight excluding hydrogens is 392 g/mol. The van der Waals surface area contributed by atoms with E-state index in [1.165, 1.54) is 96.3 Å². The van der Waals surface area contributed by atoms with E-state index < -0.39 is 31.0 Å². The van der Waals surface area contributed by atoms with Crippen molar-refractivity contribution in [2.45, 2.75) is 134 Å². The number of ether oxygens (including phenoxy) is 2. The van der Waals surface area contributed by atoms with Crippen LogP contribution in [0.15, 0.2) is 12.2 Å². The van der Waals surface area contributed by atoms with Gasteiger partial charge >= 0.3 is 0 Å². The van der Waals surface area contributed by atoms with Gasteiger partial charge in [-0.3, -0.25) is 0 Å². The molecule has 1 heterocycles. The van der Waals surface area contributed by atoms with Crippen LogP contribution in [-0.2, 0) is 9.47 Å². The molecule has 5 heteroatoms. The number of hydrogen-bond acceptors (Lipinski definition) is 5. The van der Waals surface area contributed by atoms with Gasteiger partial charge in [0.2, 0.25) is 0 Å². The lowest BCUT2D eigenvalue weighted by atomic mass is 10.0. The van der Waals surface area contributed by atoms with E-state index in [2.05, 4.69) is 13.0 Å². The second kappa shape index (κ2) is 20.2. The highest BCUT2D eigenvalue weighted by atomic mass is 16.6. The number of rotatable bonds is 21. The minimum Gasteiger partial charge on any atom is -0.394 e. The second-order valence-corrected chi connectivity index (χ2v) is 9.12. The number of aliphatic hydroxyl groups is 3. The summed E-state index contributed by atoms with van der Waals surface area (Å²) in [5.41, 5.74) is 0.